The lowest BCUT2D eigenvalue weighted by Gasteiger charge is -2.28. The summed E-state index contributed by atoms with van der Waals surface area (Å²) < 4.78 is 7.54. The van der Waals surface area contributed by atoms with Crippen LogP contribution in [0.1, 0.15) is 25.7 Å². The van der Waals surface area contributed by atoms with Gasteiger partial charge in [-0.05, 0) is 38.8 Å². The van der Waals surface area contributed by atoms with E-state index < -0.39 is 0 Å². The van der Waals surface area contributed by atoms with Crippen LogP contribution in [-0.4, -0.2) is 30.4 Å². The minimum absolute atomic E-state index is 0.0417. The first-order chi connectivity index (χ1) is 8.79. The summed E-state index contributed by atoms with van der Waals surface area (Å²) in [6.07, 6.45) is 6.79. The zero-order chi connectivity index (χ0) is 12.8. The zero-order valence-electron chi connectivity index (χ0n) is 11.0. The Hall–Kier alpha value is -1.13. The van der Waals surface area contributed by atoms with Gasteiger partial charge in [0, 0.05) is 24.8 Å². The molecule has 1 N–H and O–H groups in total. The average Bonchev–Trinajstić information content (AvgIpc) is 2.42. The SMILES string of the molecule is CNC1CCC(OCCn2ccccc2=O)CC1. The van der Waals surface area contributed by atoms with E-state index in [1.54, 1.807) is 16.7 Å². The van der Waals surface area contributed by atoms with E-state index in [-0.39, 0.29) is 5.56 Å². The molecule has 0 spiro atoms. The van der Waals surface area contributed by atoms with E-state index in [2.05, 4.69) is 5.32 Å². The third kappa shape index (κ3) is 3.68. The Kier molecular flexibility index (Phi) is 4.96. The molecule has 0 atom stereocenters. The van der Waals surface area contributed by atoms with E-state index in [1.807, 2.05) is 19.3 Å². The summed E-state index contributed by atoms with van der Waals surface area (Å²) >= 11 is 0. The van der Waals surface area contributed by atoms with Crippen molar-refractivity contribution in [2.75, 3.05) is 13.7 Å². The molecule has 1 saturated carbocycles. The van der Waals surface area contributed by atoms with Crippen molar-refractivity contribution >= 4 is 0 Å². The molecule has 1 aromatic rings. The van der Waals surface area contributed by atoms with Gasteiger partial charge in [0.15, 0.2) is 0 Å². The number of hydrogen-bond acceptors (Lipinski definition) is 3. The van der Waals surface area contributed by atoms with Gasteiger partial charge in [-0.1, -0.05) is 6.07 Å². The largest absolute Gasteiger partial charge is 0.376 e. The number of aromatic nitrogens is 1. The van der Waals surface area contributed by atoms with Crippen LogP contribution in [-0.2, 0) is 11.3 Å². The predicted molar refractivity (Wildman–Crippen MR) is 71.8 cm³/mol. The molecule has 2 rings (SSSR count). The highest BCUT2D eigenvalue weighted by Crippen LogP contribution is 2.20. The van der Waals surface area contributed by atoms with Crippen molar-refractivity contribution in [2.45, 2.75) is 44.4 Å². The monoisotopic (exact) mass is 250 g/mol. The lowest BCUT2D eigenvalue weighted by molar-refractivity contribution is 0.0186. The number of pyridine rings is 1. The number of ether oxygens (including phenoxy) is 1. The second-order valence-electron chi connectivity index (χ2n) is 4.87. The Morgan fingerprint density at radius 3 is 2.78 bits per heavy atom. The fourth-order valence-electron chi connectivity index (χ4n) is 2.48. The van der Waals surface area contributed by atoms with Gasteiger partial charge in [0.2, 0.25) is 0 Å². The first-order valence-corrected chi connectivity index (χ1v) is 6.74. The van der Waals surface area contributed by atoms with Crippen molar-refractivity contribution in [3.05, 3.63) is 34.7 Å². The molecule has 1 heterocycles. The number of nitrogens with one attached hydrogen (secondary N) is 1. The van der Waals surface area contributed by atoms with Crippen LogP contribution in [0.3, 0.4) is 0 Å². The molecule has 4 heteroatoms. The van der Waals surface area contributed by atoms with Crippen molar-refractivity contribution < 1.29 is 4.74 Å². The molecule has 0 radical (unpaired) electrons. The minimum atomic E-state index is 0.0417. The van der Waals surface area contributed by atoms with E-state index in [9.17, 15) is 4.79 Å². The minimum Gasteiger partial charge on any atom is -0.376 e. The normalized spacial score (nSPS) is 24.1. The molecule has 1 aromatic heterocycles. The summed E-state index contributed by atoms with van der Waals surface area (Å²) in [6, 6.07) is 5.87. The van der Waals surface area contributed by atoms with Crippen molar-refractivity contribution in [2.24, 2.45) is 0 Å². The lowest BCUT2D eigenvalue weighted by Crippen LogP contribution is -2.33. The van der Waals surface area contributed by atoms with Crippen LogP contribution in [0.5, 0.6) is 0 Å². The fourth-order valence-corrected chi connectivity index (χ4v) is 2.48. The molecule has 1 fully saturated rings. The van der Waals surface area contributed by atoms with Gasteiger partial charge in [0.05, 0.1) is 12.7 Å². The maximum Gasteiger partial charge on any atom is 0.250 e. The van der Waals surface area contributed by atoms with Gasteiger partial charge in [-0.25, -0.2) is 0 Å². The highest BCUT2D eigenvalue weighted by molar-refractivity contribution is 4.93. The molecule has 0 saturated heterocycles. The predicted octanol–water partition coefficient (Wildman–Crippen LogP) is 1.40. The van der Waals surface area contributed by atoms with Gasteiger partial charge >= 0.3 is 0 Å². The molecule has 1 aliphatic rings. The van der Waals surface area contributed by atoms with E-state index in [4.69, 9.17) is 4.74 Å². The van der Waals surface area contributed by atoms with Crippen LogP contribution in [0.2, 0.25) is 0 Å². The Labute approximate surface area is 108 Å². The number of hydrogen-bond donors (Lipinski definition) is 1. The maximum atomic E-state index is 11.5. The van der Waals surface area contributed by atoms with Crippen LogP contribution in [0.4, 0.5) is 0 Å². The first-order valence-electron chi connectivity index (χ1n) is 6.74. The molecule has 0 unspecified atom stereocenters. The molecular formula is C14H22N2O2. The highest BCUT2D eigenvalue weighted by atomic mass is 16.5. The molecular weight excluding hydrogens is 228 g/mol. The van der Waals surface area contributed by atoms with Gasteiger partial charge in [0.25, 0.3) is 5.56 Å². The molecule has 0 amide bonds. The first kappa shape index (κ1) is 13.3. The lowest BCUT2D eigenvalue weighted by atomic mass is 9.93. The van der Waals surface area contributed by atoms with Gasteiger partial charge in [-0.3, -0.25) is 4.79 Å². The topological polar surface area (TPSA) is 43.3 Å². The summed E-state index contributed by atoms with van der Waals surface area (Å²) in [5, 5.41) is 3.31. The quantitative estimate of drug-likeness (QED) is 0.859. The van der Waals surface area contributed by atoms with Crippen LogP contribution in [0, 0.1) is 0 Å². The van der Waals surface area contributed by atoms with Crippen LogP contribution >= 0.6 is 0 Å². The number of nitrogens with zero attached hydrogens (tertiary/aromatic N) is 1. The summed E-state index contributed by atoms with van der Waals surface area (Å²) in [5.74, 6) is 0. The highest BCUT2D eigenvalue weighted by Gasteiger charge is 2.19. The number of rotatable bonds is 5. The fraction of sp³-hybridized carbons (Fsp3) is 0.643. The van der Waals surface area contributed by atoms with E-state index in [1.165, 1.54) is 12.8 Å². The summed E-state index contributed by atoms with van der Waals surface area (Å²) in [5.41, 5.74) is 0.0417. The second kappa shape index (κ2) is 6.71. The van der Waals surface area contributed by atoms with Crippen molar-refractivity contribution in [1.82, 2.24) is 9.88 Å². The van der Waals surface area contributed by atoms with E-state index in [0.29, 0.717) is 25.3 Å². The smallest absolute Gasteiger partial charge is 0.250 e. The second-order valence-corrected chi connectivity index (χ2v) is 4.87. The molecule has 1 aliphatic carbocycles. The third-order valence-corrected chi connectivity index (χ3v) is 3.67. The maximum absolute atomic E-state index is 11.5. The molecule has 18 heavy (non-hydrogen) atoms. The van der Waals surface area contributed by atoms with Gasteiger partial charge in [-0.2, -0.15) is 0 Å². The molecule has 0 aliphatic heterocycles. The average molecular weight is 250 g/mol. The Morgan fingerprint density at radius 2 is 2.11 bits per heavy atom. The molecule has 0 aromatic carbocycles. The Balaban J connectivity index is 1.70. The molecule has 100 valence electrons. The van der Waals surface area contributed by atoms with Crippen molar-refractivity contribution in [3.63, 3.8) is 0 Å². The summed E-state index contributed by atoms with van der Waals surface area (Å²) in [6.45, 7) is 1.27. The van der Waals surface area contributed by atoms with Gasteiger partial charge < -0.3 is 14.6 Å². The Bertz CT molecular complexity index is 408. The van der Waals surface area contributed by atoms with E-state index >= 15 is 0 Å². The third-order valence-electron chi connectivity index (χ3n) is 3.67. The Morgan fingerprint density at radius 1 is 1.33 bits per heavy atom. The van der Waals surface area contributed by atoms with Gasteiger partial charge in [0.1, 0.15) is 0 Å². The van der Waals surface area contributed by atoms with Crippen molar-refractivity contribution in [3.8, 4) is 0 Å². The van der Waals surface area contributed by atoms with Crippen LogP contribution in [0.15, 0.2) is 29.2 Å². The van der Waals surface area contributed by atoms with Gasteiger partial charge in [-0.15, -0.1) is 0 Å². The molecule has 4 nitrogen and oxygen atoms in total. The summed E-state index contributed by atoms with van der Waals surface area (Å²) in [4.78, 5) is 11.5. The van der Waals surface area contributed by atoms with Crippen LogP contribution < -0.4 is 10.9 Å². The standard InChI is InChI=1S/C14H22N2O2/c1-15-12-5-7-13(8-6-12)18-11-10-16-9-3-2-4-14(16)17/h2-4,9,12-13,15H,5-8,10-11H2,1H3. The van der Waals surface area contributed by atoms with Crippen LogP contribution in [0.25, 0.3) is 0 Å². The zero-order valence-corrected chi connectivity index (χ0v) is 11.0. The summed E-state index contributed by atoms with van der Waals surface area (Å²) in [7, 11) is 2.02. The molecule has 0 bridgehead atoms. The van der Waals surface area contributed by atoms with Crippen molar-refractivity contribution in [1.29, 1.82) is 0 Å². The van der Waals surface area contributed by atoms with E-state index in [0.717, 1.165) is 12.8 Å².